The molecular weight excluding hydrogens is 437 g/mol. The number of hydrogen-bond acceptors (Lipinski definition) is 5. The summed E-state index contributed by atoms with van der Waals surface area (Å²) in [6.07, 6.45) is 0. The number of Topliss-reactive ketones (excluding diaryl/α,β-unsaturated/α-hetero) is 1. The Labute approximate surface area is 196 Å². The fourth-order valence-corrected chi connectivity index (χ4v) is 4.15. The summed E-state index contributed by atoms with van der Waals surface area (Å²) in [5.74, 6) is -1.98. The molecular formula is C27H24FNO5. The van der Waals surface area contributed by atoms with E-state index < -0.39 is 29.3 Å². The number of methoxy groups -OCH3 is 1. The van der Waals surface area contributed by atoms with Crippen LogP contribution in [0.2, 0.25) is 0 Å². The molecule has 1 aliphatic heterocycles. The summed E-state index contributed by atoms with van der Waals surface area (Å²) in [6, 6.07) is 16.8. The Morgan fingerprint density at radius 2 is 1.76 bits per heavy atom. The minimum atomic E-state index is -0.940. The summed E-state index contributed by atoms with van der Waals surface area (Å²) in [5.41, 5.74) is 1.74. The van der Waals surface area contributed by atoms with Gasteiger partial charge in [0.2, 0.25) is 0 Å². The van der Waals surface area contributed by atoms with Crippen molar-refractivity contribution in [3.05, 3.63) is 94.8 Å². The number of anilines is 1. The number of nitrogens with zero attached hydrogens (tertiary/aromatic N) is 1. The standard InChI is InChI=1S/C27H24FNO5/c1-4-34-19-12-9-17(10-13-19)24-23(25(30)20-15-18(28)11-14-22(20)33-3)26(31)27(32)29(24)21-8-6-5-7-16(21)2/h5-15,24,30H,4H2,1-3H3/b25-23+. The minimum absolute atomic E-state index is 0.0128. The predicted molar refractivity (Wildman–Crippen MR) is 127 cm³/mol. The van der Waals surface area contributed by atoms with E-state index in [2.05, 4.69) is 0 Å². The van der Waals surface area contributed by atoms with Crippen LogP contribution in [-0.4, -0.2) is 30.5 Å². The van der Waals surface area contributed by atoms with E-state index in [4.69, 9.17) is 9.47 Å². The fourth-order valence-electron chi connectivity index (χ4n) is 4.15. The Hall–Kier alpha value is -4.13. The molecule has 34 heavy (non-hydrogen) atoms. The fraction of sp³-hybridized carbons (Fsp3) is 0.185. The molecule has 0 radical (unpaired) electrons. The summed E-state index contributed by atoms with van der Waals surface area (Å²) in [6.45, 7) is 4.19. The third kappa shape index (κ3) is 4.01. The molecule has 3 aromatic rings. The van der Waals surface area contributed by atoms with Gasteiger partial charge < -0.3 is 14.6 Å². The van der Waals surface area contributed by atoms with Crippen molar-refractivity contribution in [2.75, 3.05) is 18.6 Å². The number of halogens is 1. The number of ketones is 1. The molecule has 1 N–H and O–H groups in total. The smallest absolute Gasteiger partial charge is 0.300 e. The normalized spacial score (nSPS) is 17.2. The van der Waals surface area contributed by atoms with E-state index >= 15 is 0 Å². The number of para-hydroxylation sites is 1. The average Bonchev–Trinajstić information content (AvgIpc) is 3.10. The summed E-state index contributed by atoms with van der Waals surface area (Å²) in [4.78, 5) is 27.9. The topological polar surface area (TPSA) is 76.1 Å². The summed E-state index contributed by atoms with van der Waals surface area (Å²) < 4.78 is 24.9. The van der Waals surface area contributed by atoms with Gasteiger partial charge in [-0.1, -0.05) is 30.3 Å². The Kier molecular flexibility index (Phi) is 6.36. The lowest BCUT2D eigenvalue weighted by Crippen LogP contribution is -2.30. The van der Waals surface area contributed by atoms with Gasteiger partial charge in [0, 0.05) is 5.69 Å². The zero-order chi connectivity index (χ0) is 24.4. The van der Waals surface area contributed by atoms with Crippen molar-refractivity contribution in [3.8, 4) is 11.5 Å². The maximum absolute atomic E-state index is 14.1. The van der Waals surface area contributed by atoms with E-state index in [0.29, 0.717) is 23.6 Å². The van der Waals surface area contributed by atoms with E-state index in [9.17, 15) is 19.1 Å². The van der Waals surface area contributed by atoms with Gasteiger partial charge in [-0.2, -0.15) is 0 Å². The molecule has 6 nitrogen and oxygen atoms in total. The molecule has 1 amide bonds. The van der Waals surface area contributed by atoms with Gasteiger partial charge in [-0.25, -0.2) is 4.39 Å². The van der Waals surface area contributed by atoms with Gasteiger partial charge in [-0.05, 0) is 61.4 Å². The highest BCUT2D eigenvalue weighted by Gasteiger charge is 2.47. The van der Waals surface area contributed by atoms with Crippen LogP contribution in [-0.2, 0) is 9.59 Å². The van der Waals surface area contributed by atoms with E-state index in [0.717, 1.165) is 11.6 Å². The maximum Gasteiger partial charge on any atom is 0.300 e. The number of benzene rings is 3. The maximum atomic E-state index is 14.1. The molecule has 0 bridgehead atoms. The monoisotopic (exact) mass is 461 g/mol. The lowest BCUT2D eigenvalue weighted by molar-refractivity contribution is -0.132. The molecule has 0 aromatic heterocycles. The van der Waals surface area contributed by atoms with Crippen molar-refractivity contribution in [3.63, 3.8) is 0 Å². The largest absolute Gasteiger partial charge is 0.507 e. The van der Waals surface area contributed by atoms with E-state index in [1.165, 1.54) is 24.1 Å². The Bertz CT molecular complexity index is 1280. The van der Waals surface area contributed by atoms with Crippen LogP contribution in [0.1, 0.15) is 29.7 Å². The van der Waals surface area contributed by atoms with Crippen LogP contribution < -0.4 is 14.4 Å². The molecule has 4 rings (SSSR count). The van der Waals surface area contributed by atoms with Crippen molar-refractivity contribution < 1.29 is 28.6 Å². The second kappa shape index (κ2) is 9.39. The van der Waals surface area contributed by atoms with Crippen molar-refractivity contribution in [2.24, 2.45) is 0 Å². The number of amides is 1. The lowest BCUT2D eigenvalue weighted by atomic mass is 9.94. The van der Waals surface area contributed by atoms with Gasteiger partial charge >= 0.3 is 0 Å². The molecule has 1 atom stereocenters. The summed E-state index contributed by atoms with van der Waals surface area (Å²) >= 11 is 0. The third-order valence-corrected chi connectivity index (χ3v) is 5.74. The second-order valence-electron chi connectivity index (χ2n) is 7.80. The SMILES string of the molecule is CCOc1ccc(C2/C(=C(\O)c3cc(F)ccc3OC)C(=O)C(=O)N2c2ccccc2C)cc1. The van der Waals surface area contributed by atoms with Crippen LogP contribution >= 0.6 is 0 Å². The van der Waals surface area contributed by atoms with Crippen molar-refractivity contribution in [2.45, 2.75) is 19.9 Å². The molecule has 0 saturated carbocycles. The molecule has 1 saturated heterocycles. The van der Waals surface area contributed by atoms with Crippen LogP contribution in [0, 0.1) is 12.7 Å². The zero-order valence-electron chi connectivity index (χ0n) is 19.0. The Morgan fingerprint density at radius 1 is 1.06 bits per heavy atom. The zero-order valence-corrected chi connectivity index (χ0v) is 19.0. The predicted octanol–water partition coefficient (Wildman–Crippen LogP) is 5.17. The van der Waals surface area contributed by atoms with Crippen LogP contribution in [0.5, 0.6) is 11.5 Å². The third-order valence-electron chi connectivity index (χ3n) is 5.74. The van der Waals surface area contributed by atoms with E-state index in [1.807, 2.05) is 26.0 Å². The molecule has 0 spiro atoms. The molecule has 3 aromatic carbocycles. The highest BCUT2D eigenvalue weighted by atomic mass is 19.1. The second-order valence-corrected chi connectivity index (χ2v) is 7.80. The molecule has 174 valence electrons. The first-order valence-corrected chi connectivity index (χ1v) is 10.8. The first-order chi connectivity index (χ1) is 16.4. The van der Waals surface area contributed by atoms with Gasteiger partial charge in [0.25, 0.3) is 11.7 Å². The number of rotatable bonds is 6. The highest BCUT2D eigenvalue weighted by Crippen LogP contribution is 2.44. The van der Waals surface area contributed by atoms with Crippen LogP contribution in [0.25, 0.3) is 5.76 Å². The van der Waals surface area contributed by atoms with Crippen molar-refractivity contribution in [1.29, 1.82) is 0 Å². The Balaban J connectivity index is 1.97. The van der Waals surface area contributed by atoms with Crippen molar-refractivity contribution in [1.82, 2.24) is 0 Å². The van der Waals surface area contributed by atoms with E-state index in [-0.39, 0.29) is 16.9 Å². The molecule has 7 heteroatoms. The van der Waals surface area contributed by atoms with Gasteiger partial charge in [0.1, 0.15) is 23.1 Å². The van der Waals surface area contributed by atoms with Gasteiger partial charge in [0.15, 0.2) is 0 Å². The number of hydrogen-bond donors (Lipinski definition) is 1. The summed E-state index contributed by atoms with van der Waals surface area (Å²) in [5, 5.41) is 11.3. The molecule has 1 unspecified atom stereocenters. The number of aliphatic hydroxyl groups excluding tert-OH is 1. The molecule has 1 fully saturated rings. The van der Waals surface area contributed by atoms with Crippen molar-refractivity contribution >= 4 is 23.1 Å². The van der Waals surface area contributed by atoms with Crippen LogP contribution in [0.4, 0.5) is 10.1 Å². The molecule has 1 heterocycles. The number of aliphatic hydroxyl groups is 1. The summed E-state index contributed by atoms with van der Waals surface area (Å²) in [7, 11) is 1.37. The van der Waals surface area contributed by atoms with Crippen LogP contribution in [0.15, 0.2) is 72.3 Å². The number of aryl methyl sites for hydroxylation is 1. The Morgan fingerprint density at radius 3 is 2.41 bits per heavy atom. The molecule has 1 aliphatic rings. The highest BCUT2D eigenvalue weighted by molar-refractivity contribution is 6.51. The van der Waals surface area contributed by atoms with E-state index in [1.54, 1.807) is 36.4 Å². The quantitative estimate of drug-likeness (QED) is 0.312. The van der Waals surface area contributed by atoms with Gasteiger partial charge in [-0.15, -0.1) is 0 Å². The number of ether oxygens (including phenoxy) is 2. The minimum Gasteiger partial charge on any atom is -0.507 e. The molecule has 0 aliphatic carbocycles. The first kappa shape index (κ1) is 23.0. The number of carbonyl (C=O) groups is 2. The van der Waals surface area contributed by atoms with Crippen LogP contribution in [0.3, 0.4) is 0 Å². The van der Waals surface area contributed by atoms with Gasteiger partial charge in [0.05, 0.1) is 30.9 Å². The van der Waals surface area contributed by atoms with Gasteiger partial charge in [-0.3, -0.25) is 14.5 Å². The number of carbonyl (C=O) groups excluding carboxylic acids is 2. The average molecular weight is 461 g/mol. The lowest BCUT2D eigenvalue weighted by Gasteiger charge is -2.27. The first-order valence-electron chi connectivity index (χ1n) is 10.8.